The molecule has 4 heteroatoms. The van der Waals surface area contributed by atoms with E-state index in [9.17, 15) is 9.18 Å². The third kappa shape index (κ3) is 2.38. The molecule has 0 fully saturated rings. The van der Waals surface area contributed by atoms with Crippen LogP contribution in [0, 0.1) is 5.82 Å². The van der Waals surface area contributed by atoms with Gasteiger partial charge in [0.15, 0.2) is 0 Å². The SMILES string of the molecule is NCc1cccc(-c2cc(F)ccc2C(N)=O)c1. The lowest BCUT2D eigenvalue weighted by Crippen LogP contribution is -2.12. The van der Waals surface area contributed by atoms with Gasteiger partial charge < -0.3 is 11.5 Å². The Kier molecular flexibility index (Phi) is 3.39. The molecular formula is C14H13FN2O. The molecule has 0 unspecified atom stereocenters. The molecule has 18 heavy (non-hydrogen) atoms. The lowest BCUT2D eigenvalue weighted by atomic mass is 9.97. The Hall–Kier alpha value is -2.20. The predicted molar refractivity (Wildman–Crippen MR) is 68.2 cm³/mol. The van der Waals surface area contributed by atoms with Crippen molar-refractivity contribution in [2.24, 2.45) is 11.5 Å². The molecule has 0 bridgehead atoms. The molecule has 0 aliphatic carbocycles. The molecule has 0 aromatic heterocycles. The van der Waals surface area contributed by atoms with E-state index >= 15 is 0 Å². The summed E-state index contributed by atoms with van der Waals surface area (Å²) >= 11 is 0. The molecule has 0 aliphatic heterocycles. The molecule has 2 aromatic carbocycles. The monoisotopic (exact) mass is 244 g/mol. The third-order valence-electron chi connectivity index (χ3n) is 2.72. The highest BCUT2D eigenvalue weighted by molar-refractivity contribution is 5.99. The zero-order valence-electron chi connectivity index (χ0n) is 9.69. The van der Waals surface area contributed by atoms with E-state index in [1.54, 1.807) is 6.07 Å². The minimum Gasteiger partial charge on any atom is -0.366 e. The van der Waals surface area contributed by atoms with Crippen LogP contribution in [0.15, 0.2) is 42.5 Å². The summed E-state index contributed by atoms with van der Waals surface area (Å²) in [5.41, 5.74) is 13.3. The first-order chi connectivity index (χ1) is 8.61. The van der Waals surface area contributed by atoms with E-state index in [-0.39, 0.29) is 0 Å². The van der Waals surface area contributed by atoms with Crippen LogP contribution in [0.4, 0.5) is 4.39 Å². The van der Waals surface area contributed by atoms with E-state index in [4.69, 9.17) is 11.5 Å². The van der Waals surface area contributed by atoms with Crippen LogP contribution in [0.1, 0.15) is 15.9 Å². The Bertz CT molecular complexity index is 596. The number of rotatable bonds is 3. The number of carbonyl (C=O) groups is 1. The highest BCUT2D eigenvalue weighted by Gasteiger charge is 2.11. The largest absolute Gasteiger partial charge is 0.366 e. The highest BCUT2D eigenvalue weighted by atomic mass is 19.1. The van der Waals surface area contributed by atoms with Crippen molar-refractivity contribution in [3.05, 3.63) is 59.4 Å². The number of hydrogen-bond acceptors (Lipinski definition) is 2. The summed E-state index contributed by atoms with van der Waals surface area (Å²) in [6, 6.07) is 11.2. The molecule has 92 valence electrons. The average molecular weight is 244 g/mol. The molecule has 0 spiro atoms. The van der Waals surface area contributed by atoms with Crippen molar-refractivity contribution in [1.82, 2.24) is 0 Å². The number of primary amides is 1. The molecule has 0 saturated carbocycles. The van der Waals surface area contributed by atoms with Crippen LogP contribution < -0.4 is 11.5 Å². The van der Waals surface area contributed by atoms with Crippen LogP contribution in [-0.2, 0) is 6.54 Å². The number of carbonyl (C=O) groups excluding carboxylic acids is 1. The van der Waals surface area contributed by atoms with Crippen molar-refractivity contribution in [3.8, 4) is 11.1 Å². The second-order valence-corrected chi connectivity index (χ2v) is 3.96. The molecule has 0 aliphatic rings. The summed E-state index contributed by atoms with van der Waals surface area (Å²) in [5.74, 6) is -0.990. The average Bonchev–Trinajstić information content (AvgIpc) is 2.38. The second-order valence-electron chi connectivity index (χ2n) is 3.96. The molecule has 3 nitrogen and oxygen atoms in total. The Labute approximate surface area is 104 Å². The van der Waals surface area contributed by atoms with Gasteiger partial charge in [-0.15, -0.1) is 0 Å². The molecule has 4 N–H and O–H groups in total. The number of nitrogens with two attached hydrogens (primary N) is 2. The van der Waals surface area contributed by atoms with Gasteiger partial charge in [-0.2, -0.15) is 0 Å². The van der Waals surface area contributed by atoms with Crippen molar-refractivity contribution in [1.29, 1.82) is 0 Å². The van der Waals surface area contributed by atoms with Crippen LogP contribution in [0.3, 0.4) is 0 Å². The summed E-state index contributed by atoms with van der Waals surface area (Å²) in [7, 11) is 0. The van der Waals surface area contributed by atoms with Crippen molar-refractivity contribution in [3.63, 3.8) is 0 Å². The topological polar surface area (TPSA) is 69.1 Å². The van der Waals surface area contributed by atoms with Crippen LogP contribution >= 0.6 is 0 Å². The normalized spacial score (nSPS) is 10.3. The number of benzene rings is 2. The Morgan fingerprint density at radius 1 is 1.17 bits per heavy atom. The fraction of sp³-hybridized carbons (Fsp3) is 0.0714. The molecule has 0 atom stereocenters. The summed E-state index contributed by atoms with van der Waals surface area (Å²) < 4.78 is 13.3. The third-order valence-corrected chi connectivity index (χ3v) is 2.72. The van der Waals surface area contributed by atoms with Gasteiger partial charge >= 0.3 is 0 Å². The van der Waals surface area contributed by atoms with Gasteiger partial charge in [-0.1, -0.05) is 18.2 Å². The maximum absolute atomic E-state index is 13.3. The minimum absolute atomic E-state index is 0.297. The van der Waals surface area contributed by atoms with Gasteiger partial charge in [0, 0.05) is 12.1 Å². The van der Waals surface area contributed by atoms with Gasteiger partial charge in [0.05, 0.1) is 0 Å². The smallest absolute Gasteiger partial charge is 0.249 e. The molecule has 0 heterocycles. The first-order valence-corrected chi connectivity index (χ1v) is 5.50. The number of halogens is 1. The maximum Gasteiger partial charge on any atom is 0.249 e. The molecule has 0 radical (unpaired) electrons. The number of hydrogen-bond donors (Lipinski definition) is 2. The van der Waals surface area contributed by atoms with Crippen LogP contribution in [-0.4, -0.2) is 5.91 Å². The summed E-state index contributed by atoms with van der Waals surface area (Å²) in [6.45, 7) is 0.384. The molecule has 0 saturated heterocycles. The van der Waals surface area contributed by atoms with Gasteiger partial charge in [-0.3, -0.25) is 4.79 Å². The zero-order valence-corrected chi connectivity index (χ0v) is 9.69. The van der Waals surface area contributed by atoms with E-state index in [1.165, 1.54) is 18.2 Å². The van der Waals surface area contributed by atoms with Gasteiger partial charge in [0.1, 0.15) is 5.82 Å². The van der Waals surface area contributed by atoms with E-state index in [1.807, 2.05) is 18.2 Å². The molecule has 2 rings (SSSR count). The highest BCUT2D eigenvalue weighted by Crippen LogP contribution is 2.25. The first-order valence-electron chi connectivity index (χ1n) is 5.50. The van der Waals surface area contributed by atoms with Crippen molar-refractivity contribution >= 4 is 5.91 Å². The fourth-order valence-electron chi connectivity index (χ4n) is 1.84. The van der Waals surface area contributed by atoms with Crippen LogP contribution in [0.2, 0.25) is 0 Å². The predicted octanol–water partition coefficient (Wildman–Crippen LogP) is 2.05. The van der Waals surface area contributed by atoms with E-state index < -0.39 is 11.7 Å². The van der Waals surface area contributed by atoms with Crippen LogP contribution in [0.5, 0.6) is 0 Å². The van der Waals surface area contributed by atoms with Gasteiger partial charge in [0.2, 0.25) is 5.91 Å². The Balaban J connectivity index is 2.61. The standard InChI is InChI=1S/C14H13FN2O/c15-11-4-5-12(14(17)18)13(7-11)10-3-1-2-9(6-10)8-16/h1-7H,8,16H2,(H2,17,18). The van der Waals surface area contributed by atoms with Crippen molar-refractivity contribution in [2.75, 3.05) is 0 Å². The molecular weight excluding hydrogens is 231 g/mol. The maximum atomic E-state index is 13.3. The van der Waals surface area contributed by atoms with E-state index in [0.29, 0.717) is 17.7 Å². The quantitative estimate of drug-likeness (QED) is 0.867. The Morgan fingerprint density at radius 3 is 2.61 bits per heavy atom. The summed E-state index contributed by atoms with van der Waals surface area (Å²) in [6.07, 6.45) is 0. The minimum atomic E-state index is -0.580. The first kappa shape index (κ1) is 12.3. The van der Waals surface area contributed by atoms with E-state index in [0.717, 1.165) is 11.1 Å². The van der Waals surface area contributed by atoms with E-state index in [2.05, 4.69) is 0 Å². The molecule has 2 aromatic rings. The fourth-order valence-corrected chi connectivity index (χ4v) is 1.84. The zero-order chi connectivity index (χ0) is 13.1. The van der Waals surface area contributed by atoms with Gasteiger partial charge in [-0.25, -0.2) is 4.39 Å². The Morgan fingerprint density at radius 2 is 1.94 bits per heavy atom. The lowest BCUT2D eigenvalue weighted by molar-refractivity contribution is 0.100. The van der Waals surface area contributed by atoms with Crippen molar-refractivity contribution in [2.45, 2.75) is 6.54 Å². The lowest BCUT2D eigenvalue weighted by Gasteiger charge is -2.08. The summed E-state index contributed by atoms with van der Waals surface area (Å²) in [5, 5.41) is 0. The second kappa shape index (κ2) is 4.98. The molecule has 1 amide bonds. The van der Waals surface area contributed by atoms with Gasteiger partial charge in [-0.05, 0) is 41.0 Å². The van der Waals surface area contributed by atoms with Gasteiger partial charge in [0.25, 0.3) is 0 Å². The van der Waals surface area contributed by atoms with Crippen LogP contribution in [0.25, 0.3) is 11.1 Å². The summed E-state index contributed by atoms with van der Waals surface area (Å²) in [4.78, 5) is 11.3. The number of amides is 1. The van der Waals surface area contributed by atoms with Crippen molar-refractivity contribution < 1.29 is 9.18 Å².